The van der Waals surface area contributed by atoms with Crippen molar-refractivity contribution in [2.45, 2.75) is 78.6 Å². The van der Waals surface area contributed by atoms with Gasteiger partial charge in [-0.05, 0) is 123 Å². The molecule has 1 aliphatic rings. The molecule has 2 N–H and O–H groups in total. The lowest BCUT2D eigenvalue weighted by molar-refractivity contribution is -0.134. The van der Waals surface area contributed by atoms with Gasteiger partial charge >= 0.3 is 5.97 Å². The lowest BCUT2D eigenvalue weighted by Gasteiger charge is -2.17. The Kier molecular flexibility index (Phi) is 15.9. The first-order chi connectivity index (χ1) is 29.6. The average Bonchev–Trinajstić information content (AvgIpc) is 4.01. The van der Waals surface area contributed by atoms with Gasteiger partial charge in [0, 0.05) is 48.6 Å². The molecule has 0 radical (unpaired) electrons. The Morgan fingerprint density at radius 3 is 2.05 bits per heavy atom. The highest BCUT2D eigenvalue weighted by molar-refractivity contribution is 6.11. The van der Waals surface area contributed by atoms with Crippen LogP contribution in [-0.2, 0) is 9.53 Å². The van der Waals surface area contributed by atoms with Gasteiger partial charge in [-0.2, -0.15) is 0 Å². The van der Waals surface area contributed by atoms with Gasteiger partial charge in [-0.25, -0.2) is 4.99 Å². The summed E-state index contributed by atoms with van der Waals surface area (Å²) in [5, 5.41) is 0. The summed E-state index contributed by atoms with van der Waals surface area (Å²) < 4.78 is 17.3. The second-order valence-corrected chi connectivity index (χ2v) is 15.8. The van der Waals surface area contributed by atoms with Crippen LogP contribution < -0.4 is 9.47 Å². The second-order valence-electron chi connectivity index (χ2n) is 15.8. The predicted octanol–water partition coefficient (Wildman–Crippen LogP) is 11.6. The van der Waals surface area contributed by atoms with Crippen LogP contribution in [0, 0.1) is 13.8 Å². The summed E-state index contributed by atoms with van der Waals surface area (Å²) in [7, 11) is 5.71. The summed E-state index contributed by atoms with van der Waals surface area (Å²) in [5.74, 6) is 2.00. The number of esters is 1. The standard InChI is InChI=1S/C52H60N4O5/c1-7-43(38-18-13-12-14-19-38)52(39-23-27-41(28-24-39)60-33-32-56(4)5)40-25-29-42(30-26-40)61-50(58)22-16-11-9-8-10-15-21-48(57)51-36(2)45(54-37(51)3)34-47-49(59-6)35-46(55-47)44-20-17-31-53-44/h12-14,17-20,23-31,34-35,53-54H,7-11,15-16,21-22,32-33H2,1-6H3/b47-34+,52-43+. The van der Waals surface area contributed by atoms with E-state index in [1.165, 1.54) is 11.1 Å². The number of methoxy groups -OCH3 is 1. The molecule has 3 aromatic carbocycles. The number of nitrogens with one attached hydrogen (secondary N) is 2. The van der Waals surface area contributed by atoms with Gasteiger partial charge < -0.3 is 29.1 Å². The molecule has 0 unspecified atom stereocenters. The van der Waals surface area contributed by atoms with E-state index in [1.54, 1.807) is 7.11 Å². The summed E-state index contributed by atoms with van der Waals surface area (Å²) >= 11 is 0. The zero-order valence-corrected chi connectivity index (χ0v) is 36.6. The molecule has 0 amide bonds. The normalized spacial score (nSPS) is 13.6. The van der Waals surface area contributed by atoms with E-state index in [1.807, 2.05) is 101 Å². The van der Waals surface area contributed by atoms with Gasteiger partial charge in [0.05, 0.1) is 18.5 Å². The van der Waals surface area contributed by atoms with Crippen molar-refractivity contribution in [2.24, 2.45) is 4.99 Å². The second kappa shape index (κ2) is 21.9. The van der Waals surface area contributed by atoms with Crippen molar-refractivity contribution in [2.75, 3.05) is 34.4 Å². The number of ketones is 1. The van der Waals surface area contributed by atoms with Crippen LogP contribution in [0.5, 0.6) is 11.5 Å². The fourth-order valence-corrected chi connectivity index (χ4v) is 7.79. The van der Waals surface area contributed by atoms with E-state index < -0.39 is 0 Å². The molecule has 6 rings (SSSR count). The van der Waals surface area contributed by atoms with Crippen LogP contribution in [0.25, 0.3) is 17.2 Å². The summed E-state index contributed by atoms with van der Waals surface area (Å²) in [6.07, 6.45) is 13.0. The minimum absolute atomic E-state index is 0.154. The van der Waals surface area contributed by atoms with E-state index in [0.717, 1.165) is 108 Å². The van der Waals surface area contributed by atoms with Crippen LogP contribution in [0.1, 0.15) is 114 Å². The quantitative estimate of drug-likeness (QED) is 0.0237. The Morgan fingerprint density at radius 1 is 0.770 bits per heavy atom. The minimum Gasteiger partial charge on any atom is -0.494 e. The Morgan fingerprint density at radius 2 is 1.43 bits per heavy atom. The number of allylic oxidation sites excluding steroid dienone is 2. The molecule has 1 aliphatic heterocycles. The van der Waals surface area contributed by atoms with Crippen LogP contribution in [0.3, 0.4) is 0 Å². The maximum Gasteiger partial charge on any atom is 0.311 e. The third kappa shape index (κ3) is 12.0. The third-order valence-corrected chi connectivity index (χ3v) is 11.0. The highest BCUT2D eigenvalue weighted by atomic mass is 16.5. The van der Waals surface area contributed by atoms with Crippen LogP contribution in [0.2, 0.25) is 0 Å². The van der Waals surface area contributed by atoms with E-state index >= 15 is 0 Å². The highest BCUT2D eigenvalue weighted by Crippen LogP contribution is 2.36. The van der Waals surface area contributed by atoms with Crippen LogP contribution in [-0.4, -0.2) is 66.7 Å². The number of hydrogen-bond acceptors (Lipinski definition) is 7. The maximum absolute atomic E-state index is 13.3. The minimum atomic E-state index is -0.222. The summed E-state index contributed by atoms with van der Waals surface area (Å²) in [4.78, 5) is 39.6. The summed E-state index contributed by atoms with van der Waals surface area (Å²) in [5.41, 5.74) is 11.6. The van der Waals surface area contributed by atoms with Crippen LogP contribution >= 0.6 is 0 Å². The summed E-state index contributed by atoms with van der Waals surface area (Å²) in [6.45, 7) is 7.59. The predicted molar refractivity (Wildman–Crippen MR) is 247 cm³/mol. The zero-order chi connectivity index (χ0) is 43.1. The first-order valence-electron chi connectivity index (χ1n) is 21.5. The highest BCUT2D eigenvalue weighted by Gasteiger charge is 2.21. The molecule has 0 saturated carbocycles. The molecule has 0 saturated heterocycles. The van der Waals surface area contributed by atoms with Crippen LogP contribution in [0.4, 0.5) is 0 Å². The molecule has 9 heteroatoms. The molecule has 9 nitrogen and oxygen atoms in total. The van der Waals surface area contributed by atoms with Gasteiger partial charge in [0.1, 0.15) is 29.6 Å². The molecule has 0 aliphatic carbocycles. The first kappa shape index (κ1) is 44.4. The number of ether oxygens (including phenoxy) is 3. The molecular weight excluding hydrogens is 761 g/mol. The van der Waals surface area contributed by atoms with Crippen molar-refractivity contribution < 1.29 is 23.8 Å². The number of H-pyrrole nitrogens is 2. The van der Waals surface area contributed by atoms with E-state index in [-0.39, 0.29) is 11.8 Å². The van der Waals surface area contributed by atoms with E-state index in [2.05, 4.69) is 58.2 Å². The van der Waals surface area contributed by atoms with Gasteiger partial charge in [0.15, 0.2) is 5.78 Å². The SMILES string of the molecule is CC/C(=C(/c1ccc(OCCN(C)C)cc1)c1ccc(OC(=O)CCCCCCCCC(=O)c2c(C)[nH]c(/C=C3/N=C(c4ccc[nH]4)C=C3OC)c2C)cc1)c1ccccc1. The Balaban J connectivity index is 0.950. The van der Waals surface area contributed by atoms with Crippen molar-refractivity contribution >= 4 is 34.7 Å². The monoisotopic (exact) mass is 820 g/mol. The van der Waals surface area contributed by atoms with E-state index in [9.17, 15) is 9.59 Å². The molecule has 0 bridgehead atoms. The molecule has 0 spiro atoms. The van der Waals surface area contributed by atoms with Crippen molar-refractivity contribution in [1.29, 1.82) is 0 Å². The maximum atomic E-state index is 13.3. The number of hydrogen-bond donors (Lipinski definition) is 2. The number of carbonyl (C=O) groups excluding carboxylic acids is 2. The van der Waals surface area contributed by atoms with Crippen molar-refractivity contribution in [3.8, 4) is 11.5 Å². The molecule has 0 atom stereocenters. The summed E-state index contributed by atoms with van der Waals surface area (Å²) in [6, 6.07) is 30.6. The number of aryl methyl sites for hydroxylation is 1. The largest absolute Gasteiger partial charge is 0.494 e. The lowest BCUT2D eigenvalue weighted by atomic mass is 9.88. The lowest BCUT2D eigenvalue weighted by Crippen LogP contribution is -2.19. The first-order valence-corrected chi connectivity index (χ1v) is 21.5. The number of likely N-dealkylation sites (N-methyl/N-ethyl adjacent to an activating group) is 1. The van der Waals surface area contributed by atoms with Crippen molar-refractivity contribution in [3.63, 3.8) is 0 Å². The fraction of sp³-hybridized carbons (Fsp3) is 0.327. The van der Waals surface area contributed by atoms with Crippen LogP contribution in [0.15, 0.2) is 120 Å². The van der Waals surface area contributed by atoms with E-state index in [4.69, 9.17) is 19.2 Å². The Labute approximate surface area is 361 Å². The number of rotatable bonds is 22. The average molecular weight is 821 g/mol. The number of Topliss-reactive ketones (excluding diaryl/α,β-unsaturated/α-hetero) is 1. The van der Waals surface area contributed by atoms with Gasteiger partial charge in [-0.3, -0.25) is 9.59 Å². The molecule has 3 heterocycles. The molecule has 0 fully saturated rings. The topological polar surface area (TPSA) is 109 Å². The number of unbranched alkanes of at least 4 members (excludes halogenated alkanes) is 5. The number of aromatic nitrogens is 2. The number of aromatic amines is 2. The smallest absolute Gasteiger partial charge is 0.311 e. The third-order valence-electron chi connectivity index (χ3n) is 11.0. The van der Waals surface area contributed by atoms with Crippen molar-refractivity contribution in [1.82, 2.24) is 14.9 Å². The molecule has 5 aromatic rings. The molecule has 61 heavy (non-hydrogen) atoms. The van der Waals surface area contributed by atoms with Gasteiger partial charge in [0.2, 0.25) is 0 Å². The Hall–Kier alpha value is -6.19. The molecular formula is C52H60N4O5. The zero-order valence-electron chi connectivity index (χ0n) is 36.6. The Bertz CT molecular complexity index is 2350. The number of aliphatic imine (C=N–C) groups is 1. The van der Waals surface area contributed by atoms with Gasteiger partial charge in [-0.15, -0.1) is 0 Å². The fourth-order valence-electron chi connectivity index (χ4n) is 7.79. The van der Waals surface area contributed by atoms with E-state index in [0.29, 0.717) is 36.7 Å². The molecule has 318 valence electrons. The van der Waals surface area contributed by atoms with Crippen molar-refractivity contribution in [3.05, 3.63) is 160 Å². The van der Waals surface area contributed by atoms with Gasteiger partial charge in [-0.1, -0.05) is 87.2 Å². The van der Waals surface area contributed by atoms with Gasteiger partial charge in [0.25, 0.3) is 0 Å². The molecule has 2 aromatic heterocycles. The number of carbonyl (C=O) groups is 2. The number of nitrogens with zero attached hydrogens (tertiary/aromatic N) is 2. The number of benzene rings is 3.